The minimum atomic E-state index is -0.610. The highest BCUT2D eigenvalue weighted by Gasteiger charge is 2.39. The SMILES string of the molecule is CC1=C(C)C(C)(OC(=O)c2ccccc2)C(C)=C1C. The highest BCUT2D eigenvalue weighted by molar-refractivity contribution is 5.90. The number of hydrogen-bond acceptors (Lipinski definition) is 2. The van der Waals surface area contributed by atoms with Crippen LogP contribution < -0.4 is 0 Å². The van der Waals surface area contributed by atoms with Gasteiger partial charge in [0.2, 0.25) is 0 Å². The molecule has 2 heteroatoms. The molecule has 0 amide bonds. The minimum Gasteiger partial charge on any atom is -0.447 e. The van der Waals surface area contributed by atoms with Crippen molar-refractivity contribution in [3.8, 4) is 0 Å². The van der Waals surface area contributed by atoms with Gasteiger partial charge in [-0.15, -0.1) is 0 Å². The van der Waals surface area contributed by atoms with Crippen molar-refractivity contribution in [2.75, 3.05) is 0 Å². The molecule has 0 aromatic heterocycles. The summed E-state index contributed by atoms with van der Waals surface area (Å²) in [7, 11) is 0. The molecule has 2 nitrogen and oxygen atoms in total. The predicted octanol–water partition coefficient (Wildman–Crippen LogP) is 4.29. The Bertz CT molecular complexity index is 553. The zero-order chi connectivity index (χ0) is 14.2. The van der Waals surface area contributed by atoms with Gasteiger partial charge in [-0.3, -0.25) is 0 Å². The second-order valence-corrected chi connectivity index (χ2v) is 5.29. The quantitative estimate of drug-likeness (QED) is 0.738. The molecule has 0 N–H and O–H groups in total. The van der Waals surface area contributed by atoms with Crippen molar-refractivity contribution in [3.05, 3.63) is 58.2 Å². The maximum Gasteiger partial charge on any atom is 0.339 e. The van der Waals surface area contributed by atoms with Crippen LogP contribution in [0.25, 0.3) is 0 Å². The number of rotatable bonds is 2. The fraction of sp³-hybridized carbons (Fsp3) is 0.353. The molecule has 0 radical (unpaired) electrons. The van der Waals surface area contributed by atoms with Crippen LogP contribution in [0.15, 0.2) is 52.6 Å². The summed E-state index contributed by atoms with van der Waals surface area (Å²) in [6.07, 6.45) is 0. The summed E-state index contributed by atoms with van der Waals surface area (Å²) in [5, 5.41) is 0. The van der Waals surface area contributed by atoms with Crippen LogP contribution in [0, 0.1) is 0 Å². The maximum absolute atomic E-state index is 12.2. The number of esters is 1. The Morgan fingerprint density at radius 3 is 1.89 bits per heavy atom. The van der Waals surface area contributed by atoms with Crippen LogP contribution in [-0.4, -0.2) is 11.6 Å². The van der Waals surface area contributed by atoms with Crippen molar-refractivity contribution in [1.29, 1.82) is 0 Å². The Balaban J connectivity index is 2.32. The molecule has 0 heterocycles. The lowest BCUT2D eigenvalue weighted by Gasteiger charge is -2.29. The van der Waals surface area contributed by atoms with Gasteiger partial charge in [-0.1, -0.05) is 18.2 Å². The monoisotopic (exact) mass is 256 g/mol. The summed E-state index contributed by atoms with van der Waals surface area (Å²) in [5.41, 5.74) is 4.66. The first-order chi connectivity index (χ1) is 8.88. The lowest BCUT2D eigenvalue weighted by atomic mass is 9.93. The van der Waals surface area contributed by atoms with Crippen molar-refractivity contribution < 1.29 is 9.53 Å². The van der Waals surface area contributed by atoms with Crippen LogP contribution in [0.1, 0.15) is 45.0 Å². The third kappa shape index (κ3) is 2.12. The van der Waals surface area contributed by atoms with Gasteiger partial charge in [-0.05, 0) is 69.0 Å². The van der Waals surface area contributed by atoms with Gasteiger partial charge in [0.25, 0.3) is 0 Å². The molecule has 1 aromatic rings. The maximum atomic E-state index is 12.2. The van der Waals surface area contributed by atoms with Crippen molar-refractivity contribution >= 4 is 5.97 Å². The first-order valence-electron chi connectivity index (χ1n) is 6.52. The van der Waals surface area contributed by atoms with E-state index in [0.717, 1.165) is 11.1 Å². The number of hydrogen-bond donors (Lipinski definition) is 0. The molecule has 0 saturated carbocycles. The van der Waals surface area contributed by atoms with Crippen molar-refractivity contribution in [3.63, 3.8) is 0 Å². The lowest BCUT2D eigenvalue weighted by Crippen LogP contribution is -2.33. The van der Waals surface area contributed by atoms with Crippen LogP contribution >= 0.6 is 0 Å². The molecule has 0 unspecified atom stereocenters. The normalized spacial score (nSPS) is 17.9. The molecular formula is C17H20O2. The summed E-state index contributed by atoms with van der Waals surface area (Å²) in [5.74, 6) is -0.274. The van der Waals surface area contributed by atoms with Crippen molar-refractivity contribution in [2.45, 2.75) is 40.2 Å². The predicted molar refractivity (Wildman–Crippen MR) is 77.0 cm³/mol. The summed E-state index contributed by atoms with van der Waals surface area (Å²) >= 11 is 0. The number of carbonyl (C=O) groups excluding carboxylic acids is 1. The Kier molecular flexibility index (Phi) is 3.36. The van der Waals surface area contributed by atoms with E-state index in [4.69, 9.17) is 4.74 Å². The number of carbonyl (C=O) groups is 1. The van der Waals surface area contributed by atoms with Crippen molar-refractivity contribution in [1.82, 2.24) is 0 Å². The molecule has 100 valence electrons. The van der Waals surface area contributed by atoms with Crippen LogP contribution in [0.5, 0.6) is 0 Å². The van der Waals surface area contributed by atoms with Gasteiger partial charge in [-0.25, -0.2) is 4.79 Å². The molecule has 0 fully saturated rings. The fourth-order valence-corrected chi connectivity index (χ4v) is 2.53. The molecule has 0 spiro atoms. The molecule has 1 aliphatic carbocycles. The fourth-order valence-electron chi connectivity index (χ4n) is 2.53. The molecule has 0 aliphatic heterocycles. The van der Waals surface area contributed by atoms with E-state index in [1.807, 2.05) is 39.0 Å². The standard InChI is InChI=1S/C17H20O2/c1-11-12(2)14(4)17(5,13(11)3)19-16(18)15-9-7-6-8-10-15/h6-10H,1-5H3. The Morgan fingerprint density at radius 2 is 1.42 bits per heavy atom. The van der Waals surface area contributed by atoms with E-state index in [1.54, 1.807) is 12.1 Å². The number of benzene rings is 1. The summed E-state index contributed by atoms with van der Waals surface area (Å²) in [4.78, 5) is 12.2. The van der Waals surface area contributed by atoms with Crippen molar-refractivity contribution in [2.24, 2.45) is 0 Å². The summed E-state index contributed by atoms with van der Waals surface area (Å²) < 4.78 is 5.80. The van der Waals surface area contributed by atoms with Gasteiger partial charge in [0, 0.05) is 0 Å². The van der Waals surface area contributed by atoms with Gasteiger partial charge in [0.1, 0.15) is 0 Å². The molecule has 0 atom stereocenters. The lowest BCUT2D eigenvalue weighted by molar-refractivity contribution is 0.0197. The average Bonchev–Trinajstić information content (AvgIpc) is 2.56. The highest BCUT2D eigenvalue weighted by Crippen LogP contribution is 2.42. The van der Waals surface area contributed by atoms with Crippen LogP contribution in [0.3, 0.4) is 0 Å². The van der Waals surface area contributed by atoms with E-state index in [9.17, 15) is 4.79 Å². The Hall–Kier alpha value is -1.83. The van der Waals surface area contributed by atoms with Crippen LogP contribution in [0.2, 0.25) is 0 Å². The van der Waals surface area contributed by atoms with Gasteiger partial charge in [0.15, 0.2) is 5.60 Å². The first kappa shape index (κ1) is 13.6. The summed E-state index contributed by atoms with van der Waals surface area (Å²) in [6.45, 7) is 10.2. The molecule has 19 heavy (non-hydrogen) atoms. The molecule has 0 saturated heterocycles. The number of ether oxygens (including phenoxy) is 1. The minimum absolute atomic E-state index is 0.274. The molecular weight excluding hydrogens is 236 g/mol. The molecule has 0 bridgehead atoms. The first-order valence-corrected chi connectivity index (χ1v) is 6.52. The zero-order valence-corrected chi connectivity index (χ0v) is 12.2. The average molecular weight is 256 g/mol. The highest BCUT2D eigenvalue weighted by atomic mass is 16.6. The largest absolute Gasteiger partial charge is 0.447 e. The molecule has 1 aromatic carbocycles. The smallest absolute Gasteiger partial charge is 0.339 e. The van der Waals surface area contributed by atoms with Gasteiger partial charge in [0.05, 0.1) is 5.56 Å². The Morgan fingerprint density at radius 1 is 0.947 bits per heavy atom. The molecule has 2 rings (SSSR count). The van der Waals surface area contributed by atoms with Gasteiger partial charge < -0.3 is 4.74 Å². The third-order valence-electron chi connectivity index (χ3n) is 4.42. The topological polar surface area (TPSA) is 26.3 Å². The second-order valence-electron chi connectivity index (χ2n) is 5.29. The van der Waals surface area contributed by atoms with E-state index in [1.165, 1.54) is 11.1 Å². The van der Waals surface area contributed by atoms with Gasteiger partial charge in [-0.2, -0.15) is 0 Å². The third-order valence-corrected chi connectivity index (χ3v) is 4.42. The van der Waals surface area contributed by atoms with Gasteiger partial charge >= 0.3 is 5.97 Å². The summed E-state index contributed by atoms with van der Waals surface area (Å²) in [6, 6.07) is 9.13. The van der Waals surface area contributed by atoms with E-state index in [-0.39, 0.29) is 5.97 Å². The number of allylic oxidation sites excluding steroid dienone is 2. The van der Waals surface area contributed by atoms with E-state index in [2.05, 4.69) is 13.8 Å². The zero-order valence-electron chi connectivity index (χ0n) is 12.2. The van der Waals surface area contributed by atoms with E-state index in [0.29, 0.717) is 5.56 Å². The van der Waals surface area contributed by atoms with Crippen LogP contribution in [-0.2, 0) is 4.74 Å². The Labute approximate surface area is 114 Å². The molecule has 1 aliphatic rings. The second kappa shape index (κ2) is 4.69. The van der Waals surface area contributed by atoms with Crippen LogP contribution in [0.4, 0.5) is 0 Å². The van der Waals surface area contributed by atoms with E-state index < -0.39 is 5.60 Å². The van der Waals surface area contributed by atoms with E-state index >= 15 is 0 Å².